The van der Waals surface area contributed by atoms with Crippen LogP contribution in [0.25, 0.3) is 0 Å². The van der Waals surface area contributed by atoms with Gasteiger partial charge in [0.15, 0.2) is 5.11 Å². The molecule has 0 saturated carbocycles. The number of nitrogens with zero attached hydrogens (tertiary/aromatic N) is 1. The summed E-state index contributed by atoms with van der Waals surface area (Å²) in [5, 5.41) is 5.63. The summed E-state index contributed by atoms with van der Waals surface area (Å²) in [5.41, 5.74) is 0. The van der Waals surface area contributed by atoms with Gasteiger partial charge in [-0.1, -0.05) is 37.0 Å². The molecule has 1 amide bonds. The summed E-state index contributed by atoms with van der Waals surface area (Å²) in [6.45, 7) is 5.95. The molecule has 0 aliphatic carbocycles. The van der Waals surface area contributed by atoms with Crippen molar-refractivity contribution in [2.24, 2.45) is 0 Å². The van der Waals surface area contributed by atoms with Gasteiger partial charge in [0.1, 0.15) is 11.0 Å². The molecule has 0 aliphatic heterocycles. The van der Waals surface area contributed by atoms with Gasteiger partial charge in [0.2, 0.25) is 0 Å². The first-order valence-corrected chi connectivity index (χ1v) is 6.75. The Morgan fingerprint density at radius 1 is 1.42 bits per heavy atom. The molecule has 0 aliphatic rings. The minimum Gasteiger partial charge on any atom is -0.450 e. The van der Waals surface area contributed by atoms with E-state index in [9.17, 15) is 4.79 Å². The third kappa shape index (κ3) is 7.81. The van der Waals surface area contributed by atoms with Crippen LogP contribution in [0, 0.1) is 0 Å². The van der Waals surface area contributed by atoms with Gasteiger partial charge in [-0.3, -0.25) is 5.32 Å². The fourth-order valence-electron chi connectivity index (χ4n) is 0.937. The highest BCUT2D eigenvalue weighted by atomic mass is 35.5. The van der Waals surface area contributed by atoms with Crippen LogP contribution >= 0.6 is 35.4 Å². The van der Waals surface area contributed by atoms with Gasteiger partial charge in [-0.25, -0.2) is 9.78 Å². The van der Waals surface area contributed by atoms with Crippen LogP contribution in [-0.4, -0.2) is 22.8 Å². The zero-order valence-electron chi connectivity index (χ0n) is 10.8. The van der Waals surface area contributed by atoms with Gasteiger partial charge in [-0.05, 0) is 31.3 Å². The summed E-state index contributed by atoms with van der Waals surface area (Å²) in [5.74, 6) is 0.337. The molecular formula is C11H15Cl2N3O2S. The normalized spacial score (nSPS) is 8.89. The van der Waals surface area contributed by atoms with Gasteiger partial charge in [0.25, 0.3) is 0 Å². The molecule has 5 nitrogen and oxygen atoms in total. The summed E-state index contributed by atoms with van der Waals surface area (Å²) in [6.07, 6.45) is -0.641. The predicted octanol–water partition coefficient (Wildman–Crippen LogP) is 3.86. The Kier molecular flexibility index (Phi) is 9.20. The average Bonchev–Trinajstić information content (AvgIpc) is 2.29. The predicted molar refractivity (Wildman–Crippen MR) is 82.0 cm³/mol. The lowest BCUT2D eigenvalue weighted by atomic mass is 10.4. The van der Waals surface area contributed by atoms with Gasteiger partial charge in [0, 0.05) is 5.02 Å². The number of ether oxygens (including phenoxy) is 1. The number of alkyl carbamates (subject to hydrolysis) is 1. The summed E-state index contributed by atoms with van der Waals surface area (Å²) in [7, 11) is 0. The number of thiocarbonyl (C=S) groups is 1. The summed E-state index contributed by atoms with van der Waals surface area (Å²) in [4.78, 5) is 15.0. The monoisotopic (exact) mass is 323 g/mol. The first-order chi connectivity index (χ1) is 9.01. The van der Waals surface area contributed by atoms with Crippen LogP contribution in [0.2, 0.25) is 10.2 Å². The number of amides is 1. The standard InChI is InChI=1S/C9H9Cl2N3O2S.C2H6/c1-2-16-9(15)14-8(17)13-7-4-5(10)3-6(11)12-7;1-2/h3-4H,2H2,1H3,(H2,12,13,14,15,17);1-2H3. The quantitative estimate of drug-likeness (QED) is 0.639. The number of aromatic nitrogens is 1. The van der Waals surface area contributed by atoms with Gasteiger partial charge in [-0.15, -0.1) is 0 Å². The molecular weight excluding hydrogens is 309 g/mol. The fraction of sp³-hybridized carbons (Fsp3) is 0.364. The third-order valence-electron chi connectivity index (χ3n) is 1.49. The highest BCUT2D eigenvalue weighted by molar-refractivity contribution is 7.80. The summed E-state index contributed by atoms with van der Waals surface area (Å²) < 4.78 is 4.65. The first-order valence-electron chi connectivity index (χ1n) is 5.59. The number of hydrogen-bond donors (Lipinski definition) is 2. The number of carbonyl (C=O) groups is 1. The summed E-state index contributed by atoms with van der Waals surface area (Å²) in [6, 6.07) is 3.00. The zero-order valence-corrected chi connectivity index (χ0v) is 13.1. The second-order valence-corrected chi connectivity index (χ2v) is 4.02. The van der Waals surface area contributed by atoms with Crippen molar-refractivity contribution in [3.05, 3.63) is 22.3 Å². The molecule has 1 heterocycles. The molecule has 0 spiro atoms. The lowest BCUT2D eigenvalue weighted by Gasteiger charge is -2.08. The molecule has 2 N–H and O–H groups in total. The largest absolute Gasteiger partial charge is 0.450 e. The van der Waals surface area contributed by atoms with Crippen molar-refractivity contribution in [2.75, 3.05) is 11.9 Å². The van der Waals surface area contributed by atoms with E-state index in [1.54, 1.807) is 6.92 Å². The van der Waals surface area contributed by atoms with Crippen LogP contribution in [0.4, 0.5) is 10.6 Å². The highest BCUT2D eigenvalue weighted by Gasteiger charge is 2.06. The molecule has 8 heteroatoms. The minimum absolute atomic E-state index is 0.0503. The minimum atomic E-state index is -0.641. The maximum Gasteiger partial charge on any atom is 0.413 e. The van der Waals surface area contributed by atoms with Crippen LogP contribution in [0.3, 0.4) is 0 Å². The molecule has 106 valence electrons. The molecule has 0 fully saturated rings. The van der Waals surface area contributed by atoms with Crippen LogP contribution in [0.1, 0.15) is 20.8 Å². The number of rotatable bonds is 2. The van der Waals surface area contributed by atoms with E-state index in [2.05, 4.69) is 20.4 Å². The van der Waals surface area contributed by atoms with Crippen LogP contribution in [-0.2, 0) is 4.74 Å². The van der Waals surface area contributed by atoms with Crippen molar-refractivity contribution in [3.8, 4) is 0 Å². The average molecular weight is 324 g/mol. The van der Waals surface area contributed by atoms with E-state index in [0.717, 1.165) is 0 Å². The molecule has 1 aromatic heterocycles. The summed E-state index contributed by atoms with van der Waals surface area (Å²) >= 11 is 16.3. The second kappa shape index (κ2) is 9.77. The van der Waals surface area contributed by atoms with Crippen molar-refractivity contribution in [3.63, 3.8) is 0 Å². The zero-order chi connectivity index (χ0) is 14.8. The molecule has 0 unspecified atom stereocenters. The SMILES string of the molecule is CC.CCOC(=O)NC(=S)Nc1cc(Cl)cc(Cl)n1. The van der Waals surface area contributed by atoms with E-state index in [-0.39, 0.29) is 16.9 Å². The lowest BCUT2D eigenvalue weighted by molar-refractivity contribution is 0.158. The van der Waals surface area contributed by atoms with Gasteiger partial charge in [0.05, 0.1) is 6.61 Å². The smallest absolute Gasteiger partial charge is 0.413 e. The topological polar surface area (TPSA) is 63.2 Å². The number of pyridine rings is 1. The Balaban J connectivity index is 0.00000154. The van der Waals surface area contributed by atoms with Crippen molar-refractivity contribution in [1.29, 1.82) is 0 Å². The fourth-order valence-corrected chi connectivity index (χ4v) is 1.60. The van der Waals surface area contributed by atoms with Crippen LogP contribution < -0.4 is 10.6 Å². The van der Waals surface area contributed by atoms with Crippen molar-refractivity contribution in [1.82, 2.24) is 10.3 Å². The molecule has 1 aromatic rings. The molecule has 0 atom stereocenters. The Labute approximate surface area is 127 Å². The number of halogens is 2. The first kappa shape index (κ1) is 17.9. The lowest BCUT2D eigenvalue weighted by Crippen LogP contribution is -2.34. The number of anilines is 1. The van der Waals surface area contributed by atoms with E-state index >= 15 is 0 Å². The van der Waals surface area contributed by atoms with Crippen LogP contribution in [0.5, 0.6) is 0 Å². The Morgan fingerprint density at radius 2 is 2.05 bits per heavy atom. The van der Waals surface area contributed by atoms with E-state index in [4.69, 9.17) is 35.4 Å². The third-order valence-corrected chi connectivity index (χ3v) is 2.11. The van der Waals surface area contributed by atoms with Crippen molar-refractivity contribution >= 4 is 52.4 Å². The van der Waals surface area contributed by atoms with Crippen molar-refractivity contribution < 1.29 is 9.53 Å². The maximum atomic E-state index is 11.0. The molecule has 0 aromatic carbocycles. The number of hydrogen-bond acceptors (Lipinski definition) is 4. The van der Waals surface area contributed by atoms with Crippen LogP contribution in [0.15, 0.2) is 12.1 Å². The van der Waals surface area contributed by atoms with Gasteiger partial charge >= 0.3 is 6.09 Å². The van der Waals surface area contributed by atoms with E-state index in [1.165, 1.54) is 12.1 Å². The Bertz CT molecular complexity index is 424. The van der Waals surface area contributed by atoms with Gasteiger partial charge < -0.3 is 10.1 Å². The Hall–Kier alpha value is -1.11. The van der Waals surface area contributed by atoms with E-state index in [0.29, 0.717) is 10.8 Å². The number of carbonyl (C=O) groups excluding carboxylic acids is 1. The maximum absolute atomic E-state index is 11.0. The molecule has 0 saturated heterocycles. The second-order valence-electron chi connectivity index (χ2n) is 2.79. The number of nitrogens with one attached hydrogen (secondary N) is 2. The van der Waals surface area contributed by atoms with E-state index < -0.39 is 6.09 Å². The van der Waals surface area contributed by atoms with Crippen molar-refractivity contribution in [2.45, 2.75) is 20.8 Å². The van der Waals surface area contributed by atoms with E-state index in [1.807, 2.05) is 13.8 Å². The molecule has 0 radical (unpaired) electrons. The molecule has 19 heavy (non-hydrogen) atoms. The molecule has 1 rings (SSSR count). The molecule has 0 bridgehead atoms. The highest BCUT2D eigenvalue weighted by Crippen LogP contribution is 2.18. The van der Waals surface area contributed by atoms with Gasteiger partial charge in [-0.2, -0.15) is 0 Å². The Morgan fingerprint density at radius 3 is 2.58 bits per heavy atom.